The van der Waals surface area contributed by atoms with Crippen LogP contribution in [0.5, 0.6) is 0 Å². The van der Waals surface area contributed by atoms with Gasteiger partial charge in [-0.1, -0.05) is 54.4 Å². The largest absolute Gasteiger partial charge is 0.272 e. The molecule has 1 aromatic rings. The molecule has 0 saturated carbocycles. The maximum Gasteiger partial charge on any atom is 0.0521 e. The van der Waals surface area contributed by atoms with E-state index in [2.05, 4.69) is 57.5 Å². The number of hydrogen-bond donors (Lipinski definition) is 0. The van der Waals surface area contributed by atoms with E-state index in [9.17, 15) is 0 Å². The lowest BCUT2D eigenvalue weighted by Crippen LogP contribution is -2.08. The second kappa shape index (κ2) is 6.58. The Kier molecular flexibility index (Phi) is 5.64. The third kappa shape index (κ3) is 8.07. The summed E-state index contributed by atoms with van der Waals surface area (Å²) in [5.41, 5.74) is 2.19. The Labute approximate surface area is 119 Å². The van der Waals surface area contributed by atoms with Crippen molar-refractivity contribution in [1.29, 1.82) is 0 Å². The van der Waals surface area contributed by atoms with E-state index in [0.717, 1.165) is 13.0 Å². The van der Waals surface area contributed by atoms with Crippen molar-refractivity contribution in [2.24, 2.45) is 10.8 Å². The fraction of sp³-hybridized carbons (Fsp3) is 0.824. The van der Waals surface area contributed by atoms with Crippen LogP contribution in [0.1, 0.15) is 72.8 Å². The normalized spacial score (nSPS) is 12.9. The molecule has 110 valence electrons. The van der Waals surface area contributed by atoms with E-state index >= 15 is 0 Å². The summed E-state index contributed by atoms with van der Waals surface area (Å²) in [5, 5.41) is 4.46. The molecule has 0 atom stereocenters. The fourth-order valence-corrected chi connectivity index (χ4v) is 2.34. The Morgan fingerprint density at radius 2 is 1.63 bits per heavy atom. The predicted molar refractivity (Wildman–Crippen MR) is 83.3 cm³/mol. The quantitative estimate of drug-likeness (QED) is 0.655. The number of unbranched alkanes of at least 4 members (excludes halogenated alkanes) is 2. The maximum absolute atomic E-state index is 4.46. The van der Waals surface area contributed by atoms with Crippen LogP contribution in [-0.4, -0.2) is 9.78 Å². The van der Waals surface area contributed by atoms with Gasteiger partial charge in [0.15, 0.2) is 0 Å². The minimum absolute atomic E-state index is 0.348. The summed E-state index contributed by atoms with van der Waals surface area (Å²) in [6.07, 6.45) is 10.6. The molecule has 1 aromatic heterocycles. The second-order valence-corrected chi connectivity index (χ2v) is 8.22. The zero-order chi connectivity index (χ0) is 14.5. The molecule has 0 spiro atoms. The van der Waals surface area contributed by atoms with Crippen LogP contribution in [0.25, 0.3) is 0 Å². The summed E-state index contributed by atoms with van der Waals surface area (Å²) in [4.78, 5) is 0. The van der Waals surface area contributed by atoms with Crippen LogP contribution in [0.4, 0.5) is 0 Å². The molecule has 2 heteroatoms. The molecule has 1 heterocycles. The first-order valence-electron chi connectivity index (χ1n) is 7.67. The predicted octanol–water partition coefficient (Wildman–Crippen LogP) is 5.08. The average Bonchev–Trinajstić information content (AvgIpc) is 2.60. The zero-order valence-electron chi connectivity index (χ0n) is 13.8. The number of hydrogen-bond acceptors (Lipinski definition) is 1. The summed E-state index contributed by atoms with van der Waals surface area (Å²) >= 11 is 0. The van der Waals surface area contributed by atoms with Gasteiger partial charge < -0.3 is 0 Å². The average molecular weight is 264 g/mol. The van der Waals surface area contributed by atoms with Gasteiger partial charge in [0.25, 0.3) is 0 Å². The van der Waals surface area contributed by atoms with Gasteiger partial charge in [0.1, 0.15) is 0 Å². The van der Waals surface area contributed by atoms with Crippen LogP contribution in [0.3, 0.4) is 0 Å². The topological polar surface area (TPSA) is 17.8 Å². The second-order valence-electron chi connectivity index (χ2n) is 8.22. The molecular weight excluding hydrogens is 232 g/mol. The van der Waals surface area contributed by atoms with E-state index < -0.39 is 0 Å². The highest BCUT2D eigenvalue weighted by Crippen LogP contribution is 2.22. The summed E-state index contributed by atoms with van der Waals surface area (Å²) in [6, 6.07) is 0. The Hall–Kier alpha value is -0.790. The first kappa shape index (κ1) is 16.3. The molecule has 1 rings (SSSR count). The summed E-state index contributed by atoms with van der Waals surface area (Å²) in [5.74, 6) is 0. The molecule has 0 aliphatic rings. The smallest absolute Gasteiger partial charge is 0.0521 e. The Balaban J connectivity index is 2.24. The van der Waals surface area contributed by atoms with Gasteiger partial charge in [0, 0.05) is 12.7 Å². The molecule has 19 heavy (non-hydrogen) atoms. The van der Waals surface area contributed by atoms with E-state index in [1.807, 2.05) is 6.20 Å². The highest BCUT2D eigenvalue weighted by Gasteiger charge is 2.12. The van der Waals surface area contributed by atoms with Crippen molar-refractivity contribution in [3.63, 3.8) is 0 Å². The van der Waals surface area contributed by atoms with Crippen molar-refractivity contribution in [1.82, 2.24) is 9.78 Å². The summed E-state index contributed by atoms with van der Waals surface area (Å²) < 4.78 is 2.11. The molecule has 0 saturated heterocycles. The van der Waals surface area contributed by atoms with Gasteiger partial charge in [-0.3, -0.25) is 4.68 Å². The van der Waals surface area contributed by atoms with E-state index in [1.54, 1.807) is 0 Å². The highest BCUT2D eigenvalue weighted by atomic mass is 15.3. The lowest BCUT2D eigenvalue weighted by Gasteiger charge is -2.17. The van der Waals surface area contributed by atoms with Crippen molar-refractivity contribution in [2.45, 2.75) is 80.2 Å². The maximum atomic E-state index is 4.46. The van der Waals surface area contributed by atoms with Crippen molar-refractivity contribution < 1.29 is 0 Å². The summed E-state index contributed by atoms with van der Waals surface area (Å²) in [7, 11) is 0. The standard InChI is InChI=1S/C17H32N2/c1-16(2,3)10-8-7-9-11-19-14-15(13-18-19)12-17(4,5)6/h13-14H,7-12H2,1-6H3. The van der Waals surface area contributed by atoms with Gasteiger partial charge in [-0.15, -0.1) is 0 Å². The van der Waals surface area contributed by atoms with Gasteiger partial charge in [-0.05, 0) is 35.7 Å². The Bertz CT molecular complexity index is 363. The molecule has 0 aliphatic carbocycles. The van der Waals surface area contributed by atoms with Gasteiger partial charge in [0.2, 0.25) is 0 Å². The van der Waals surface area contributed by atoms with Crippen LogP contribution >= 0.6 is 0 Å². The molecule has 0 amide bonds. The summed E-state index contributed by atoms with van der Waals surface area (Å²) in [6.45, 7) is 14.8. The minimum Gasteiger partial charge on any atom is -0.272 e. The number of aromatic nitrogens is 2. The van der Waals surface area contributed by atoms with E-state index in [4.69, 9.17) is 0 Å². The molecule has 0 radical (unpaired) electrons. The van der Waals surface area contributed by atoms with E-state index in [0.29, 0.717) is 10.8 Å². The highest BCUT2D eigenvalue weighted by molar-refractivity contribution is 5.06. The molecule has 0 aromatic carbocycles. The third-order valence-electron chi connectivity index (χ3n) is 3.24. The monoisotopic (exact) mass is 264 g/mol. The molecule has 0 bridgehead atoms. The van der Waals surface area contributed by atoms with Crippen molar-refractivity contribution >= 4 is 0 Å². The van der Waals surface area contributed by atoms with Crippen molar-refractivity contribution in [3.8, 4) is 0 Å². The lowest BCUT2D eigenvalue weighted by molar-refractivity contribution is 0.354. The van der Waals surface area contributed by atoms with Gasteiger partial charge >= 0.3 is 0 Å². The Morgan fingerprint density at radius 3 is 2.21 bits per heavy atom. The van der Waals surface area contributed by atoms with Crippen LogP contribution in [0.15, 0.2) is 12.4 Å². The molecule has 0 N–H and O–H groups in total. The number of rotatable bonds is 6. The molecule has 0 aliphatic heterocycles. The van der Waals surface area contributed by atoms with Gasteiger partial charge in [-0.25, -0.2) is 0 Å². The van der Waals surface area contributed by atoms with Crippen LogP contribution in [0.2, 0.25) is 0 Å². The number of aryl methyl sites for hydroxylation is 1. The minimum atomic E-state index is 0.348. The Morgan fingerprint density at radius 1 is 0.947 bits per heavy atom. The molecular formula is C17H32N2. The van der Waals surface area contributed by atoms with Crippen molar-refractivity contribution in [3.05, 3.63) is 18.0 Å². The van der Waals surface area contributed by atoms with Gasteiger partial charge in [-0.2, -0.15) is 5.10 Å². The van der Waals surface area contributed by atoms with Crippen LogP contribution in [-0.2, 0) is 13.0 Å². The number of nitrogens with zero attached hydrogens (tertiary/aromatic N) is 2. The molecule has 2 nitrogen and oxygen atoms in total. The first-order chi connectivity index (χ1) is 8.66. The van der Waals surface area contributed by atoms with E-state index in [-0.39, 0.29) is 0 Å². The zero-order valence-corrected chi connectivity index (χ0v) is 13.8. The first-order valence-corrected chi connectivity index (χ1v) is 7.67. The van der Waals surface area contributed by atoms with Gasteiger partial charge in [0.05, 0.1) is 6.20 Å². The lowest BCUT2D eigenvalue weighted by atomic mass is 9.89. The SMILES string of the molecule is CC(C)(C)CCCCCn1cc(CC(C)(C)C)cn1. The van der Waals surface area contributed by atoms with E-state index in [1.165, 1.54) is 31.2 Å². The fourth-order valence-electron chi connectivity index (χ4n) is 2.34. The van der Waals surface area contributed by atoms with Crippen molar-refractivity contribution in [2.75, 3.05) is 0 Å². The molecule has 0 unspecified atom stereocenters. The van der Waals surface area contributed by atoms with Crippen LogP contribution in [0, 0.1) is 10.8 Å². The molecule has 0 fully saturated rings. The third-order valence-corrected chi connectivity index (χ3v) is 3.24. The van der Waals surface area contributed by atoms with Crippen LogP contribution < -0.4 is 0 Å².